The molecule has 9 nitrogen and oxygen atoms in total. The summed E-state index contributed by atoms with van der Waals surface area (Å²) in [5.41, 5.74) is -0.363. The van der Waals surface area contributed by atoms with Gasteiger partial charge >= 0.3 is 11.7 Å². The molecule has 116 valence electrons. The molecule has 21 heavy (non-hydrogen) atoms. The highest BCUT2D eigenvalue weighted by Crippen LogP contribution is 2.33. The Morgan fingerprint density at radius 3 is 2.67 bits per heavy atom. The van der Waals surface area contributed by atoms with Crippen LogP contribution in [0.5, 0.6) is 5.88 Å². The molecule has 0 aliphatic rings. The van der Waals surface area contributed by atoms with Crippen molar-refractivity contribution in [3.8, 4) is 5.88 Å². The first-order valence-electron chi connectivity index (χ1n) is 6.49. The molecule has 0 spiro atoms. The molecule has 1 heterocycles. The van der Waals surface area contributed by atoms with Gasteiger partial charge in [0.1, 0.15) is 12.9 Å². The van der Waals surface area contributed by atoms with Crippen molar-refractivity contribution >= 4 is 17.5 Å². The number of hydrogen-bond acceptors (Lipinski definition) is 8. The number of carbonyl (C=O) groups excluding carboxylic acids is 1. The van der Waals surface area contributed by atoms with Crippen LogP contribution in [0.3, 0.4) is 0 Å². The molecule has 0 saturated carbocycles. The van der Waals surface area contributed by atoms with Crippen molar-refractivity contribution in [1.29, 1.82) is 0 Å². The summed E-state index contributed by atoms with van der Waals surface area (Å²) < 4.78 is 9.76. The molecule has 0 aromatic carbocycles. The quantitative estimate of drug-likeness (QED) is 0.400. The second kappa shape index (κ2) is 7.98. The Labute approximate surface area is 122 Å². The number of carbonyl (C=O) groups is 1. The smallest absolute Gasteiger partial charge is 0.372 e. The summed E-state index contributed by atoms with van der Waals surface area (Å²) in [6.45, 7) is 4.12. The van der Waals surface area contributed by atoms with E-state index in [2.05, 4.69) is 9.97 Å². The minimum absolute atomic E-state index is 0.0433. The Morgan fingerprint density at radius 1 is 1.43 bits per heavy atom. The summed E-state index contributed by atoms with van der Waals surface area (Å²) in [4.78, 5) is 31.4. The minimum Gasteiger partial charge on any atom is -0.476 e. The zero-order valence-corrected chi connectivity index (χ0v) is 12.2. The van der Waals surface area contributed by atoms with Crippen molar-refractivity contribution in [2.75, 3.05) is 31.7 Å². The van der Waals surface area contributed by atoms with E-state index >= 15 is 0 Å². The van der Waals surface area contributed by atoms with Crippen LogP contribution in [0.25, 0.3) is 0 Å². The lowest BCUT2D eigenvalue weighted by molar-refractivity contribution is -0.385. The molecule has 0 saturated heterocycles. The minimum atomic E-state index is -0.623. The van der Waals surface area contributed by atoms with E-state index in [1.807, 2.05) is 6.92 Å². The zero-order chi connectivity index (χ0) is 15.8. The highest BCUT2D eigenvalue weighted by atomic mass is 16.6. The lowest BCUT2D eigenvalue weighted by Crippen LogP contribution is -2.33. The second-order valence-electron chi connectivity index (χ2n) is 4.04. The molecule has 0 aliphatic heterocycles. The summed E-state index contributed by atoms with van der Waals surface area (Å²) in [7, 11) is 1.29. The topological polar surface area (TPSA) is 108 Å². The fraction of sp³-hybridized carbons (Fsp3) is 0.583. The predicted octanol–water partition coefficient (Wildman–Crippen LogP) is 1.17. The number of nitro groups is 1. The van der Waals surface area contributed by atoms with Crippen LogP contribution < -0.4 is 9.64 Å². The fourth-order valence-electron chi connectivity index (χ4n) is 1.79. The van der Waals surface area contributed by atoms with E-state index in [1.54, 1.807) is 6.92 Å². The van der Waals surface area contributed by atoms with Crippen molar-refractivity contribution in [3.63, 3.8) is 0 Å². The maximum Gasteiger partial charge on any atom is 0.372 e. The third kappa shape index (κ3) is 4.26. The molecule has 1 aromatic rings. The van der Waals surface area contributed by atoms with Gasteiger partial charge in [0.25, 0.3) is 5.88 Å². The maximum atomic E-state index is 11.6. The number of anilines is 1. The van der Waals surface area contributed by atoms with Gasteiger partial charge in [-0.15, -0.1) is 0 Å². The van der Waals surface area contributed by atoms with Crippen LogP contribution in [-0.2, 0) is 9.53 Å². The van der Waals surface area contributed by atoms with Gasteiger partial charge < -0.3 is 14.4 Å². The van der Waals surface area contributed by atoms with Gasteiger partial charge in [-0.3, -0.25) is 14.9 Å². The lowest BCUT2D eigenvalue weighted by Gasteiger charge is -2.21. The van der Waals surface area contributed by atoms with Crippen LogP contribution in [0.15, 0.2) is 6.33 Å². The average molecular weight is 298 g/mol. The first-order valence-corrected chi connectivity index (χ1v) is 6.49. The molecule has 0 amide bonds. The van der Waals surface area contributed by atoms with Gasteiger partial charge in [0, 0.05) is 6.54 Å². The first kappa shape index (κ1) is 16.6. The second-order valence-corrected chi connectivity index (χ2v) is 4.04. The normalized spacial score (nSPS) is 10.0. The number of aromatic nitrogens is 2. The average Bonchev–Trinajstić information content (AvgIpc) is 2.46. The van der Waals surface area contributed by atoms with Crippen LogP contribution in [-0.4, -0.2) is 47.7 Å². The Morgan fingerprint density at radius 2 is 2.14 bits per heavy atom. The van der Waals surface area contributed by atoms with E-state index in [4.69, 9.17) is 9.47 Å². The van der Waals surface area contributed by atoms with Gasteiger partial charge in [-0.1, -0.05) is 6.92 Å². The van der Waals surface area contributed by atoms with Gasteiger partial charge in [-0.25, -0.2) is 4.98 Å². The van der Waals surface area contributed by atoms with Crippen LogP contribution in [0.2, 0.25) is 0 Å². The van der Waals surface area contributed by atoms with Crippen molar-refractivity contribution < 1.29 is 19.2 Å². The SMILES string of the molecule is CCCN(CC(=O)OCC)c1ncnc(OC)c1[N+](=O)[O-]. The molecule has 1 aromatic heterocycles. The molecule has 0 N–H and O–H groups in total. The van der Waals surface area contributed by atoms with E-state index in [0.29, 0.717) is 13.0 Å². The van der Waals surface area contributed by atoms with Crippen molar-refractivity contribution in [2.24, 2.45) is 0 Å². The summed E-state index contributed by atoms with van der Waals surface area (Å²) in [6, 6.07) is 0. The number of rotatable bonds is 8. The number of ether oxygens (including phenoxy) is 2. The fourth-order valence-corrected chi connectivity index (χ4v) is 1.79. The number of nitrogens with zero attached hydrogens (tertiary/aromatic N) is 4. The number of methoxy groups -OCH3 is 1. The summed E-state index contributed by atoms with van der Waals surface area (Å²) >= 11 is 0. The van der Waals surface area contributed by atoms with Gasteiger partial charge in [-0.2, -0.15) is 4.98 Å². The van der Waals surface area contributed by atoms with E-state index in [0.717, 1.165) is 6.33 Å². The van der Waals surface area contributed by atoms with Crippen molar-refractivity contribution in [1.82, 2.24) is 9.97 Å². The largest absolute Gasteiger partial charge is 0.476 e. The predicted molar refractivity (Wildman–Crippen MR) is 74.4 cm³/mol. The lowest BCUT2D eigenvalue weighted by atomic mass is 10.3. The van der Waals surface area contributed by atoms with Crippen LogP contribution in [0, 0.1) is 10.1 Å². The Bertz CT molecular complexity index is 508. The molecule has 0 radical (unpaired) electrons. The molecule has 0 aliphatic carbocycles. The molecule has 0 fully saturated rings. The molecule has 0 atom stereocenters. The third-order valence-corrected chi connectivity index (χ3v) is 2.56. The molecule has 0 unspecified atom stereocenters. The molecule has 1 rings (SSSR count). The summed E-state index contributed by atoms with van der Waals surface area (Å²) in [5, 5.41) is 11.2. The van der Waals surface area contributed by atoms with Gasteiger partial charge in [0.15, 0.2) is 0 Å². The standard InChI is InChI=1S/C12H18N4O5/c1-4-6-15(7-9(17)21-5-2)11-10(16(18)19)12(20-3)14-8-13-11/h8H,4-7H2,1-3H3. The Kier molecular flexibility index (Phi) is 6.31. The zero-order valence-electron chi connectivity index (χ0n) is 12.2. The third-order valence-electron chi connectivity index (χ3n) is 2.56. The van der Waals surface area contributed by atoms with Crippen LogP contribution in [0.4, 0.5) is 11.5 Å². The highest BCUT2D eigenvalue weighted by molar-refractivity contribution is 5.77. The Hall–Kier alpha value is -2.45. The van der Waals surface area contributed by atoms with E-state index in [1.165, 1.54) is 12.0 Å². The molecular formula is C12H18N4O5. The van der Waals surface area contributed by atoms with Crippen LogP contribution >= 0.6 is 0 Å². The van der Waals surface area contributed by atoms with E-state index in [9.17, 15) is 14.9 Å². The van der Waals surface area contributed by atoms with E-state index in [-0.39, 0.29) is 30.5 Å². The molecular weight excluding hydrogens is 280 g/mol. The molecule has 0 bridgehead atoms. The number of hydrogen-bond donors (Lipinski definition) is 0. The monoisotopic (exact) mass is 298 g/mol. The van der Waals surface area contributed by atoms with Gasteiger partial charge in [0.2, 0.25) is 5.82 Å². The summed E-state index contributed by atoms with van der Waals surface area (Å²) in [5.74, 6) is -0.574. The first-order chi connectivity index (χ1) is 10.0. The van der Waals surface area contributed by atoms with E-state index < -0.39 is 10.9 Å². The van der Waals surface area contributed by atoms with Crippen molar-refractivity contribution in [2.45, 2.75) is 20.3 Å². The summed E-state index contributed by atoms with van der Waals surface area (Å²) in [6.07, 6.45) is 1.85. The van der Waals surface area contributed by atoms with Crippen molar-refractivity contribution in [3.05, 3.63) is 16.4 Å². The Balaban J connectivity index is 3.18. The maximum absolute atomic E-state index is 11.6. The number of esters is 1. The highest BCUT2D eigenvalue weighted by Gasteiger charge is 2.28. The van der Waals surface area contributed by atoms with Crippen LogP contribution in [0.1, 0.15) is 20.3 Å². The van der Waals surface area contributed by atoms with Gasteiger partial charge in [-0.05, 0) is 13.3 Å². The molecule has 9 heteroatoms. The van der Waals surface area contributed by atoms with Gasteiger partial charge in [0.05, 0.1) is 18.6 Å².